The van der Waals surface area contributed by atoms with E-state index in [1.54, 1.807) is 0 Å². The van der Waals surface area contributed by atoms with E-state index in [0.717, 1.165) is 32.1 Å². The van der Waals surface area contributed by atoms with Crippen molar-refractivity contribution in [2.75, 3.05) is 31.2 Å². The number of nitrogens with two attached hydrogens (primary N) is 1. The summed E-state index contributed by atoms with van der Waals surface area (Å²) in [5.41, 5.74) is 6.11. The van der Waals surface area contributed by atoms with Crippen LogP contribution in [0.25, 0.3) is 0 Å². The molecule has 0 radical (unpaired) electrons. The zero-order valence-corrected chi connectivity index (χ0v) is 11.0. The molecular formula is C12H21N3OS. The topological polar surface area (TPSA) is 50.9 Å². The van der Waals surface area contributed by atoms with Crippen molar-refractivity contribution in [3.05, 3.63) is 0 Å². The van der Waals surface area contributed by atoms with E-state index >= 15 is 0 Å². The van der Waals surface area contributed by atoms with Gasteiger partial charge in [0.2, 0.25) is 0 Å². The summed E-state index contributed by atoms with van der Waals surface area (Å²) in [6.45, 7) is 3.05. The van der Waals surface area contributed by atoms with E-state index in [0.29, 0.717) is 18.1 Å². The van der Waals surface area contributed by atoms with Gasteiger partial charge in [0.15, 0.2) is 5.96 Å². The minimum absolute atomic E-state index is 0.426. The average Bonchev–Trinajstić information content (AvgIpc) is 2.37. The van der Waals surface area contributed by atoms with Crippen LogP contribution >= 0.6 is 11.8 Å². The lowest BCUT2D eigenvalue weighted by Gasteiger charge is -2.45. The molecule has 2 heterocycles. The first-order chi connectivity index (χ1) is 8.34. The fraction of sp³-hybridized carbons (Fsp3) is 0.917. The lowest BCUT2D eigenvalue weighted by Crippen LogP contribution is -2.51. The molecule has 2 N–H and O–H groups in total. The van der Waals surface area contributed by atoms with Crippen molar-refractivity contribution in [2.24, 2.45) is 16.6 Å². The van der Waals surface area contributed by atoms with Gasteiger partial charge in [-0.05, 0) is 19.3 Å². The number of rotatable bonds is 1. The van der Waals surface area contributed by atoms with Crippen LogP contribution in [0.3, 0.4) is 0 Å². The van der Waals surface area contributed by atoms with Crippen LogP contribution in [0, 0.1) is 5.92 Å². The van der Waals surface area contributed by atoms with Gasteiger partial charge in [-0.1, -0.05) is 0 Å². The monoisotopic (exact) mass is 255 g/mol. The summed E-state index contributed by atoms with van der Waals surface area (Å²) >= 11 is 2.00. The molecule has 96 valence electrons. The van der Waals surface area contributed by atoms with Crippen molar-refractivity contribution in [3.8, 4) is 0 Å². The summed E-state index contributed by atoms with van der Waals surface area (Å²) in [7, 11) is 0. The summed E-state index contributed by atoms with van der Waals surface area (Å²) < 4.78 is 5.71. The summed E-state index contributed by atoms with van der Waals surface area (Å²) in [5, 5.41) is 0. The van der Waals surface area contributed by atoms with Gasteiger partial charge >= 0.3 is 0 Å². The second kappa shape index (κ2) is 5.06. The first-order valence-corrected chi connectivity index (χ1v) is 7.77. The molecule has 17 heavy (non-hydrogen) atoms. The van der Waals surface area contributed by atoms with E-state index in [9.17, 15) is 0 Å². The van der Waals surface area contributed by atoms with Gasteiger partial charge in [-0.2, -0.15) is 11.8 Å². The molecule has 3 aliphatic rings. The van der Waals surface area contributed by atoms with Crippen molar-refractivity contribution in [1.82, 2.24) is 4.90 Å². The Balaban J connectivity index is 1.57. The Morgan fingerprint density at radius 3 is 2.94 bits per heavy atom. The molecule has 3 rings (SSSR count). The number of thioether (sulfide) groups is 1. The number of ether oxygens (including phenoxy) is 1. The van der Waals surface area contributed by atoms with E-state index in [1.165, 1.54) is 24.3 Å². The number of hydrogen-bond donors (Lipinski definition) is 1. The number of hydrogen-bond acceptors (Lipinski definition) is 3. The average molecular weight is 255 g/mol. The second-order valence-corrected chi connectivity index (χ2v) is 6.33. The maximum atomic E-state index is 6.11. The first kappa shape index (κ1) is 11.7. The molecular weight excluding hydrogens is 234 g/mol. The van der Waals surface area contributed by atoms with Crippen LogP contribution in [0.1, 0.15) is 19.3 Å². The third kappa shape index (κ3) is 2.40. The van der Waals surface area contributed by atoms with Gasteiger partial charge < -0.3 is 15.4 Å². The van der Waals surface area contributed by atoms with E-state index in [4.69, 9.17) is 15.5 Å². The van der Waals surface area contributed by atoms with Crippen molar-refractivity contribution in [3.63, 3.8) is 0 Å². The van der Waals surface area contributed by atoms with Gasteiger partial charge in [0.05, 0.1) is 12.1 Å². The number of guanidine groups is 1. The van der Waals surface area contributed by atoms with Crippen molar-refractivity contribution in [1.29, 1.82) is 0 Å². The Hall–Kier alpha value is -0.420. The van der Waals surface area contributed by atoms with E-state index in [-0.39, 0.29) is 0 Å². The minimum atomic E-state index is 0.426. The van der Waals surface area contributed by atoms with Crippen LogP contribution in [0.15, 0.2) is 4.99 Å². The molecule has 3 fully saturated rings. The van der Waals surface area contributed by atoms with Gasteiger partial charge in [-0.3, -0.25) is 0 Å². The fourth-order valence-corrected chi connectivity index (χ4v) is 3.86. The Kier molecular flexibility index (Phi) is 3.47. The van der Waals surface area contributed by atoms with Crippen LogP contribution in [-0.4, -0.2) is 54.2 Å². The minimum Gasteiger partial charge on any atom is -0.378 e. The summed E-state index contributed by atoms with van der Waals surface area (Å²) in [6.07, 6.45) is 4.01. The molecule has 1 saturated carbocycles. The van der Waals surface area contributed by atoms with Crippen LogP contribution in [-0.2, 0) is 4.74 Å². The molecule has 0 aromatic carbocycles. The molecule has 4 nitrogen and oxygen atoms in total. The van der Waals surface area contributed by atoms with Gasteiger partial charge in [0.1, 0.15) is 0 Å². The maximum absolute atomic E-state index is 6.11. The van der Waals surface area contributed by atoms with E-state index in [2.05, 4.69) is 4.90 Å². The summed E-state index contributed by atoms with van der Waals surface area (Å²) in [4.78, 5) is 6.95. The standard InChI is InChI=1S/C12H21N3OS/c13-12(15-3-6-17-7-4-15)14-10-8-11-9(10)2-1-5-16-11/h9-11H,1-8H2,(H2,13,14). The summed E-state index contributed by atoms with van der Waals surface area (Å²) in [5.74, 6) is 3.76. The normalized spacial score (nSPS) is 38.5. The van der Waals surface area contributed by atoms with Crippen molar-refractivity contribution >= 4 is 17.7 Å². The highest BCUT2D eigenvalue weighted by atomic mass is 32.2. The molecule has 1 aliphatic carbocycles. The number of fused-ring (bicyclic) bond motifs is 1. The molecule has 0 aromatic heterocycles. The largest absolute Gasteiger partial charge is 0.378 e. The van der Waals surface area contributed by atoms with E-state index in [1.807, 2.05) is 11.8 Å². The Bertz CT molecular complexity index is 304. The van der Waals surface area contributed by atoms with Crippen molar-refractivity contribution < 1.29 is 4.74 Å². The zero-order chi connectivity index (χ0) is 11.7. The molecule has 5 heteroatoms. The van der Waals surface area contributed by atoms with Gasteiger partial charge in [-0.25, -0.2) is 4.99 Å². The lowest BCUT2D eigenvalue weighted by atomic mass is 9.73. The predicted octanol–water partition coefficient (Wildman–Crippen LogP) is 0.917. The van der Waals surface area contributed by atoms with Gasteiger partial charge in [-0.15, -0.1) is 0 Å². The smallest absolute Gasteiger partial charge is 0.191 e. The molecule has 0 spiro atoms. The van der Waals surface area contributed by atoms with Gasteiger partial charge in [0.25, 0.3) is 0 Å². The number of nitrogens with zero attached hydrogens (tertiary/aromatic N) is 2. The Morgan fingerprint density at radius 2 is 2.18 bits per heavy atom. The fourth-order valence-electron chi connectivity index (χ4n) is 2.96. The zero-order valence-electron chi connectivity index (χ0n) is 10.2. The van der Waals surface area contributed by atoms with Crippen LogP contribution < -0.4 is 5.73 Å². The van der Waals surface area contributed by atoms with Crippen LogP contribution in [0.5, 0.6) is 0 Å². The van der Waals surface area contributed by atoms with Crippen LogP contribution in [0.4, 0.5) is 0 Å². The third-order valence-corrected chi connectivity index (χ3v) is 5.03. The highest BCUT2D eigenvalue weighted by Crippen LogP contribution is 2.39. The molecule has 2 aliphatic heterocycles. The summed E-state index contributed by atoms with van der Waals surface area (Å²) in [6, 6.07) is 0.426. The molecule has 2 saturated heterocycles. The Labute approximate surface area is 107 Å². The molecule has 0 aromatic rings. The Morgan fingerprint density at radius 1 is 1.35 bits per heavy atom. The second-order valence-electron chi connectivity index (χ2n) is 5.11. The number of aliphatic imine (C=N–C) groups is 1. The van der Waals surface area contributed by atoms with E-state index < -0.39 is 0 Å². The highest BCUT2D eigenvalue weighted by molar-refractivity contribution is 7.99. The molecule has 3 unspecified atom stereocenters. The quantitative estimate of drug-likeness (QED) is 0.559. The van der Waals surface area contributed by atoms with Gasteiger partial charge in [0, 0.05) is 37.1 Å². The molecule has 3 atom stereocenters. The highest BCUT2D eigenvalue weighted by Gasteiger charge is 2.43. The lowest BCUT2D eigenvalue weighted by molar-refractivity contribution is -0.0939. The predicted molar refractivity (Wildman–Crippen MR) is 71.4 cm³/mol. The molecule has 0 amide bonds. The third-order valence-electron chi connectivity index (χ3n) is 4.09. The maximum Gasteiger partial charge on any atom is 0.191 e. The first-order valence-electron chi connectivity index (χ1n) is 6.62. The van der Waals surface area contributed by atoms with Crippen molar-refractivity contribution in [2.45, 2.75) is 31.4 Å². The SMILES string of the molecule is NC(=NC1CC2OCCCC12)N1CCSCC1. The molecule has 0 bridgehead atoms. The van der Waals surface area contributed by atoms with Crippen LogP contribution in [0.2, 0.25) is 0 Å².